The van der Waals surface area contributed by atoms with Crippen LogP contribution in [-0.4, -0.2) is 40.2 Å². The van der Waals surface area contributed by atoms with Crippen LogP contribution in [0.25, 0.3) is 22.2 Å². The molecule has 1 N–H and O–H groups in total. The fraction of sp³-hybridized carbons (Fsp3) is 0.227. The highest BCUT2D eigenvalue weighted by Crippen LogP contribution is 2.25. The Balaban J connectivity index is 1.49. The predicted octanol–water partition coefficient (Wildman–Crippen LogP) is 4.06. The number of imidazole rings is 1. The van der Waals surface area contributed by atoms with Crippen LogP contribution in [-0.2, 0) is 6.54 Å². The molecule has 0 atom stereocenters. The minimum atomic E-state index is 0.845. The first-order valence-corrected chi connectivity index (χ1v) is 9.44. The molecule has 0 aliphatic carbocycles. The third-order valence-electron chi connectivity index (χ3n) is 4.74. The first-order chi connectivity index (χ1) is 13.7. The molecule has 0 aliphatic heterocycles. The molecule has 6 heteroatoms. The summed E-state index contributed by atoms with van der Waals surface area (Å²) in [6.45, 7) is 1.78. The summed E-state index contributed by atoms with van der Waals surface area (Å²) in [6, 6.07) is 14.6. The van der Waals surface area contributed by atoms with Gasteiger partial charge in [-0.1, -0.05) is 12.1 Å². The number of pyridine rings is 2. The summed E-state index contributed by atoms with van der Waals surface area (Å²) in [4.78, 5) is 15.5. The topological polar surface area (TPSA) is 58.9 Å². The maximum absolute atomic E-state index is 4.84. The number of fused-ring (bicyclic) bond motifs is 1. The van der Waals surface area contributed by atoms with Crippen LogP contribution in [0, 0.1) is 0 Å². The first-order valence-electron chi connectivity index (χ1n) is 9.44. The number of rotatable bonds is 7. The summed E-state index contributed by atoms with van der Waals surface area (Å²) in [7, 11) is 4.08. The fourth-order valence-electron chi connectivity index (χ4n) is 3.17. The van der Waals surface area contributed by atoms with E-state index in [1.54, 1.807) is 6.20 Å². The molecular weight excluding hydrogens is 348 g/mol. The highest BCUT2D eigenvalue weighted by atomic mass is 15.1. The van der Waals surface area contributed by atoms with Crippen LogP contribution in [0.15, 0.2) is 67.4 Å². The van der Waals surface area contributed by atoms with Crippen molar-refractivity contribution >= 4 is 22.4 Å². The minimum absolute atomic E-state index is 0.845. The molecule has 0 unspecified atom stereocenters. The Morgan fingerprint density at radius 2 is 1.86 bits per heavy atom. The molecule has 0 bridgehead atoms. The second-order valence-electron chi connectivity index (χ2n) is 6.94. The summed E-state index contributed by atoms with van der Waals surface area (Å²) >= 11 is 0. The van der Waals surface area contributed by atoms with Crippen LogP contribution in [0.3, 0.4) is 0 Å². The summed E-state index contributed by atoms with van der Waals surface area (Å²) < 4.78 is 2.08. The van der Waals surface area contributed by atoms with E-state index in [9.17, 15) is 0 Å². The van der Waals surface area contributed by atoms with Crippen LogP contribution in [0.5, 0.6) is 0 Å². The highest BCUT2D eigenvalue weighted by Gasteiger charge is 2.06. The average molecular weight is 372 g/mol. The fourth-order valence-corrected chi connectivity index (χ4v) is 3.17. The number of nitrogens with one attached hydrogen (secondary N) is 1. The zero-order valence-corrected chi connectivity index (χ0v) is 16.2. The predicted molar refractivity (Wildman–Crippen MR) is 115 cm³/mol. The van der Waals surface area contributed by atoms with Crippen molar-refractivity contribution in [1.29, 1.82) is 0 Å². The van der Waals surface area contributed by atoms with E-state index in [-0.39, 0.29) is 0 Å². The van der Waals surface area contributed by atoms with Gasteiger partial charge in [-0.05, 0) is 36.8 Å². The minimum Gasteiger partial charge on any atom is -0.378 e. The van der Waals surface area contributed by atoms with Gasteiger partial charge in [0.25, 0.3) is 0 Å². The van der Waals surface area contributed by atoms with Crippen molar-refractivity contribution in [3.63, 3.8) is 0 Å². The Hall–Kier alpha value is -3.41. The van der Waals surface area contributed by atoms with Gasteiger partial charge in [0.05, 0.1) is 17.5 Å². The molecule has 0 radical (unpaired) electrons. The van der Waals surface area contributed by atoms with Crippen LogP contribution in [0.1, 0.15) is 6.42 Å². The second-order valence-corrected chi connectivity index (χ2v) is 6.94. The molecular formula is C22H24N6. The summed E-state index contributed by atoms with van der Waals surface area (Å²) in [5, 5.41) is 4.48. The molecule has 0 spiro atoms. The summed E-state index contributed by atoms with van der Waals surface area (Å²) in [5.41, 5.74) is 4.20. The molecule has 0 saturated carbocycles. The highest BCUT2D eigenvalue weighted by molar-refractivity contribution is 5.90. The van der Waals surface area contributed by atoms with Gasteiger partial charge in [0.15, 0.2) is 0 Å². The largest absolute Gasteiger partial charge is 0.378 e. The molecule has 0 fully saturated rings. The van der Waals surface area contributed by atoms with Crippen molar-refractivity contribution in [2.24, 2.45) is 0 Å². The molecule has 4 rings (SSSR count). The maximum atomic E-state index is 4.84. The zero-order chi connectivity index (χ0) is 19.3. The number of benzene rings is 1. The SMILES string of the molecule is CN(C)c1ccc(-c2ccc3c(NCCCn4ccnc4)nccc3n2)cc1. The van der Waals surface area contributed by atoms with Gasteiger partial charge < -0.3 is 14.8 Å². The number of aryl methyl sites for hydroxylation is 1. The van der Waals surface area contributed by atoms with Crippen LogP contribution >= 0.6 is 0 Å². The molecule has 6 nitrogen and oxygen atoms in total. The van der Waals surface area contributed by atoms with Gasteiger partial charge in [-0.2, -0.15) is 0 Å². The van der Waals surface area contributed by atoms with Gasteiger partial charge in [0, 0.05) is 62.4 Å². The monoisotopic (exact) mass is 372 g/mol. The van der Waals surface area contributed by atoms with Crippen molar-refractivity contribution in [3.8, 4) is 11.3 Å². The van der Waals surface area contributed by atoms with Crippen LogP contribution in [0.2, 0.25) is 0 Å². The lowest BCUT2D eigenvalue weighted by Crippen LogP contribution is -2.08. The average Bonchev–Trinajstić information content (AvgIpc) is 3.24. The standard InChI is InChI=1S/C22H24N6/c1-27(2)18-6-4-17(5-7-18)20-9-8-19-21(26-20)10-12-25-22(19)24-11-3-14-28-15-13-23-16-28/h4-10,12-13,15-16H,3,11,14H2,1-2H3,(H,24,25). The van der Waals surface area contributed by atoms with E-state index >= 15 is 0 Å². The molecule has 3 aromatic heterocycles. The molecule has 142 valence electrons. The maximum Gasteiger partial charge on any atom is 0.135 e. The quantitative estimate of drug-likeness (QED) is 0.496. The Morgan fingerprint density at radius 3 is 2.61 bits per heavy atom. The Kier molecular flexibility index (Phi) is 5.19. The zero-order valence-electron chi connectivity index (χ0n) is 16.2. The number of hydrogen-bond donors (Lipinski definition) is 1. The van der Waals surface area contributed by atoms with E-state index < -0.39 is 0 Å². The van der Waals surface area contributed by atoms with Gasteiger partial charge in [0.2, 0.25) is 0 Å². The van der Waals surface area contributed by atoms with E-state index in [0.29, 0.717) is 0 Å². The van der Waals surface area contributed by atoms with Crippen molar-refractivity contribution in [3.05, 3.63) is 67.4 Å². The van der Waals surface area contributed by atoms with Crippen molar-refractivity contribution in [1.82, 2.24) is 19.5 Å². The van der Waals surface area contributed by atoms with Crippen molar-refractivity contribution in [2.75, 3.05) is 30.9 Å². The summed E-state index contributed by atoms with van der Waals surface area (Å²) in [5.74, 6) is 0.880. The van der Waals surface area contributed by atoms with E-state index in [4.69, 9.17) is 4.98 Å². The molecule has 28 heavy (non-hydrogen) atoms. The van der Waals surface area contributed by atoms with Gasteiger partial charge in [-0.15, -0.1) is 0 Å². The van der Waals surface area contributed by atoms with Gasteiger partial charge in [-0.25, -0.2) is 15.0 Å². The molecule has 1 aromatic carbocycles. The lowest BCUT2D eigenvalue weighted by molar-refractivity contribution is 0.660. The molecule has 4 aromatic rings. The molecule has 0 aliphatic rings. The second kappa shape index (κ2) is 8.08. The lowest BCUT2D eigenvalue weighted by Gasteiger charge is -2.13. The Labute approximate surface area is 164 Å². The number of anilines is 2. The van der Waals surface area contributed by atoms with E-state index in [1.807, 2.05) is 38.9 Å². The molecule has 3 heterocycles. The molecule has 0 amide bonds. The number of nitrogens with zero attached hydrogens (tertiary/aromatic N) is 5. The van der Waals surface area contributed by atoms with E-state index in [1.165, 1.54) is 5.69 Å². The van der Waals surface area contributed by atoms with E-state index in [2.05, 4.69) is 61.1 Å². The first kappa shape index (κ1) is 18.0. The number of hydrogen-bond acceptors (Lipinski definition) is 5. The Bertz CT molecular complexity index is 1040. The third kappa shape index (κ3) is 3.96. The van der Waals surface area contributed by atoms with Crippen LogP contribution in [0.4, 0.5) is 11.5 Å². The lowest BCUT2D eigenvalue weighted by atomic mass is 10.1. The van der Waals surface area contributed by atoms with Crippen molar-refractivity contribution in [2.45, 2.75) is 13.0 Å². The van der Waals surface area contributed by atoms with Gasteiger partial charge >= 0.3 is 0 Å². The summed E-state index contributed by atoms with van der Waals surface area (Å²) in [6.07, 6.45) is 8.43. The molecule has 0 saturated heterocycles. The smallest absolute Gasteiger partial charge is 0.135 e. The van der Waals surface area contributed by atoms with Gasteiger partial charge in [-0.3, -0.25) is 0 Å². The number of aromatic nitrogens is 4. The normalized spacial score (nSPS) is 10.9. The van der Waals surface area contributed by atoms with Crippen LogP contribution < -0.4 is 10.2 Å². The van der Waals surface area contributed by atoms with Crippen molar-refractivity contribution < 1.29 is 0 Å². The van der Waals surface area contributed by atoms with E-state index in [0.717, 1.165) is 47.5 Å². The Morgan fingerprint density at radius 1 is 1.00 bits per heavy atom. The van der Waals surface area contributed by atoms with Gasteiger partial charge in [0.1, 0.15) is 5.82 Å². The third-order valence-corrected chi connectivity index (χ3v) is 4.74.